The van der Waals surface area contributed by atoms with E-state index in [-0.39, 0.29) is 18.1 Å². The minimum Gasteiger partial charge on any atom is -0.472 e. The molecule has 3 rings (SSSR count). The number of nitrogens with zero attached hydrogens (tertiary/aromatic N) is 4. The number of carbonyl (C=O) groups excluding carboxylic acids is 1. The number of rotatable bonds is 3. The van der Waals surface area contributed by atoms with Gasteiger partial charge in [0, 0.05) is 19.0 Å². The fourth-order valence-corrected chi connectivity index (χ4v) is 2.06. The van der Waals surface area contributed by atoms with E-state index >= 15 is 0 Å². The monoisotopic (exact) mass is 263 g/mol. The van der Waals surface area contributed by atoms with E-state index in [9.17, 15) is 4.79 Å². The summed E-state index contributed by atoms with van der Waals surface area (Å²) >= 11 is 0. The lowest BCUT2D eigenvalue weighted by molar-refractivity contribution is -0.142. The second-order valence-corrected chi connectivity index (χ2v) is 4.26. The average Bonchev–Trinajstić information content (AvgIpc) is 3.06. The van der Waals surface area contributed by atoms with Gasteiger partial charge < -0.3 is 14.8 Å². The first-order valence-electron chi connectivity index (χ1n) is 5.91. The van der Waals surface area contributed by atoms with Crippen LogP contribution in [0.4, 0.5) is 0 Å². The van der Waals surface area contributed by atoms with E-state index < -0.39 is 0 Å². The minimum atomic E-state index is -0.311. The molecule has 0 aliphatic carbocycles. The van der Waals surface area contributed by atoms with Crippen molar-refractivity contribution in [3.8, 4) is 5.88 Å². The van der Waals surface area contributed by atoms with Gasteiger partial charge in [0.2, 0.25) is 5.88 Å². The van der Waals surface area contributed by atoms with Crippen LogP contribution in [0.15, 0.2) is 18.5 Å². The predicted molar refractivity (Wildman–Crippen MR) is 63.6 cm³/mol. The predicted octanol–water partition coefficient (Wildman–Crippen LogP) is -0.593. The number of aromatic nitrogens is 4. The Hall–Kier alpha value is -2.22. The van der Waals surface area contributed by atoms with Crippen LogP contribution in [0.25, 0.3) is 5.65 Å². The maximum Gasteiger partial charge on any atom is 0.323 e. The molecule has 100 valence electrons. The third-order valence-corrected chi connectivity index (χ3v) is 3.00. The molecule has 19 heavy (non-hydrogen) atoms. The summed E-state index contributed by atoms with van der Waals surface area (Å²) < 4.78 is 11.9. The van der Waals surface area contributed by atoms with Crippen LogP contribution in [0, 0.1) is 0 Å². The minimum absolute atomic E-state index is 0.106. The van der Waals surface area contributed by atoms with Crippen molar-refractivity contribution in [2.75, 3.05) is 13.7 Å². The lowest BCUT2D eigenvalue weighted by Crippen LogP contribution is -2.31. The number of hydrogen-bond donors (Lipinski definition) is 1. The smallest absolute Gasteiger partial charge is 0.323 e. The van der Waals surface area contributed by atoms with Crippen LogP contribution in [-0.4, -0.2) is 51.6 Å². The van der Waals surface area contributed by atoms with Crippen LogP contribution >= 0.6 is 0 Å². The number of ether oxygens (including phenoxy) is 2. The van der Waals surface area contributed by atoms with E-state index in [4.69, 9.17) is 4.74 Å². The molecular formula is C11H13N5O3. The molecule has 2 unspecified atom stereocenters. The highest BCUT2D eigenvalue weighted by molar-refractivity contribution is 5.76. The molecular weight excluding hydrogens is 250 g/mol. The van der Waals surface area contributed by atoms with E-state index in [0.29, 0.717) is 24.5 Å². The van der Waals surface area contributed by atoms with Crippen molar-refractivity contribution in [3.63, 3.8) is 0 Å². The molecule has 0 bridgehead atoms. The third kappa shape index (κ3) is 2.34. The second kappa shape index (κ2) is 4.81. The van der Waals surface area contributed by atoms with Crippen molar-refractivity contribution in [2.45, 2.75) is 18.6 Å². The van der Waals surface area contributed by atoms with Crippen LogP contribution in [-0.2, 0) is 9.53 Å². The van der Waals surface area contributed by atoms with Gasteiger partial charge in [-0.3, -0.25) is 4.79 Å². The topological polar surface area (TPSA) is 90.6 Å². The number of esters is 1. The molecule has 1 N–H and O–H groups in total. The first-order chi connectivity index (χ1) is 9.26. The fraction of sp³-hybridized carbons (Fsp3) is 0.455. The molecule has 8 heteroatoms. The van der Waals surface area contributed by atoms with Gasteiger partial charge in [0.15, 0.2) is 5.65 Å². The van der Waals surface area contributed by atoms with Gasteiger partial charge in [-0.05, 0) is 6.07 Å². The van der Waals surface area contributed by atoms with Gasteiger partial charge in [-0.2, -0.15) is 4.52 Å². The zero-order valence-corrected chi connectivity index (χ0v) is 10.3. The molecule has 8 nitrogen and oxygen atoms in total. The van der Waals surface area contributed by atoms with Crippen LogP contribution in [0.2, 0.25) is 0 Å². The molecule has 1 saturated heterocycles. The summed E-state index contributed by atoms with van der Waals surface area (Å²) in [5, 5.41) is 14.9. The number of hydrogen-bond acceptors (Lipinski definition) is 7. The van der Waals surface area contributed by atoms with Crippen molar-refractivity contribution in [3.05, 3.63) is 18.5 Å². The Labute approximate surface area is 108 Å². The molecule has 1 aliphatic rings. The van der Waals surface area contributed by atoms with Crippen molar-refractivity contribution in [2.24, 2.45) is 0 Å². The van der Waals surface area contributed by atoms with E-state index in [2.05, 4.69) is 25.3 Å². The zero-order chi connectivity index (χ0) is 13.2. The number of fused-ring (bicyclic) bond motifs is 1. The molecule has 0 radical (unpaired) electrons. The quantitative estimate of drug-likeness (QED) is 0.740. The van der Waals surface area contributed by atoms with E-state index in [1.165, 1.54) is 18.0 Å². The molecule has 0 amide bonds. The molecule has 3 heterocycles. The van der Waals surface area contributed by atoms with E-state index in [1.54, 1.807) is 12.1 Å². The van der Waals surface area contributed by atoms with Crippen LogP contribution in [0.5, 0.6) is 5.88 Å². The standard InChI is InChI=1S/C11H13N5O3/c1-18-11(17)8-4-7(5-12-8)19-10-3-2-9-14-13-6-16(9)15-10/h2-3,6-8,12H,4-5H2,1H3. The van der Waals surface area contributed by atoms with Gasteiger partial charge in [0.1, 0.15) is 18.5 Å². The molecule has 0 saturated carbocycles. The van der Waals surface area contributed by atoms with Crippen LogP contribution < -0.4 is 10.1 Å². The molecule has 0 spiro atoms. The Kier molecular flexibility index (Phi) is 3.00. The Morgan fingerprint density at radius 1 is 1.53 bits per heavy atom. The first-order valence-corrected chi connectivity index (χ1v) is 5.91. The van der Waals surface area contributed by atoms with Gasteiger partial charge in [-0.25, -0.2) is 0 Å². The lowest BCUT2D eigenvalue weighted by Gasteiger charge is -2.11. The summed E-state index contributed by atoms with van der Waals surface area (Å²) in [5.74, 6) is 0.206. The van der Waals surface area contributed by atoms with Crippen molar-refractivity contribution in [1.29, 1.82) is 0 Å². The molecule has 2 aromatic rings. The van der Waals surface area contributed by atoms with Crippen LogP contribution in [0.3, 0.4) is 0 Å². The normalized spacial score (nSPS) is 22.6. The summed E-state index contributed by atoms with van der Waals surface area (Å²) in [4.78, 5) is 11.4. The van der Waals surface area contributed by atoms with Crippen LogP contribution in [0.1, 0.15) is 6.42 Å². The van der Waals surface area contributed by atoms with Gasteiger partial charge in [-0.1, -0.05) is 0 Å². The largest absolute Gasteiger partial charge is 0.472 e. The molecule has 2 aromatic heterocycles. The maximum atomic E-state index is 11.4. The summed E-state index contributed by atoms with van der Waals surface area (Å²) in [5.41, 5.74) is 0.657. The third-order valence-electron chi connectivity index (χ3n) is 3.00. The van der Waals surface area contributed by atoms with Gasteiger partial charge in [-0.15, -0.1) is 15.3 Å². The second-order valence-electron chi connectivity index (χ2n) is 4.26. The van der Waals surface area contributed by atoms with Crippen molar-refractivity contribution < 1.29 is 14.3 Å². The Morgan fingerprint density at radius 3 is 3.26 bits per heavy atom. The van der Waals surface area contributed by atoms with Crippen molar-refractivity contribution >= 4 is 11.6 Å². The van der Waals surface area contributed by atoms with Gasteiger partial charge in [0.05, 0.1) is 7.11 Å². The summed E-state index contributed by atoms with van der Waals surface area (Å²) in [6, 6.07) is 3.19. The first kappa shape index (κ1) is 11.8. The highest BCUT2D eigenvalue weighted by Gasteiger charge is 2.31. The number of carbonyl (C=O) groups is 1. The maximum absolute atomic E-state index is 11.4. The SMILES string of the molecule is COC(=O)C1CC(Oc2ccc3nncn3n2)CN1. The molecule has 1 aliphatic heterocycles. The van der Waals surface area contributed by atoms with Gasteiger partial charge >= 0.3 is 5.97 Å². The highest BCUT2D eigenvalue weighted by Crippen LogP contribution is 2.15. The highest BCUT2D eigenvalue weighted by atomic mass is 16.5. The van der Waals surface area contributed by atoms with Crippen molar-refractivity contribution in [1.82, 2.24) is 25.1 Å². The fourth-order valence-electron chi connectivity index (χ4n) is 2.06. The van der Waals surface area contributed by atoms with E-state index in [1.807, 2.05) is 0 Å². The number of nitrogens with one attached hydrogen (secondary N) is 1. The Morgan fingerprint density at radius 2 is 2.42 bits per heavy atom. The number of methoxy groups -OCH3 is 1. The van der Waals surface area contributed by atoms with E-state index in [0.717, 1.165) is 0 Å². The lowest BCUT2D eigenvalue weighted by atomic mass is 10.2. The summed E-state index contributed by atoms with van der Waals surface area (Å²) in [6.07, 6.45) is 1.96. The summed E-state index contributed by atoms with van der Waals surface area (Å²) in [6.45, 7) is 0.585. The average molecular weight is 263 g/mol. The summed E-state index contributed by atoms with van der Waals surface area (Å²) in [7, 11) is 1.37. The molecule has 1 fully saturated rings. The Balaban J connectivity index is 1.67. The van der Waals surface area contributed by atoms with Gasteiger partial charge in [0.25, 0.3) is 0 Å². The zero-order valence-electron chi connectivity index (χ0n) is 10.3. The molecule has 2 atom stereocenters. The Bertz CT molecular complexity index is 599. The molecule has 0 aromatic carbocycles.